The van der Waals surface area contributed by atoms with Gasteiger partial charge in [0.15, 0.2) is 0 Å². The Labute approximate surface area is 115 Å². The van der Waals surface area contributed by atoms with Gasteiger partial charge in [-0.15, -0.1) is 0 Å². The highest BCUT2D eigenvalue weighted by Gasteiger charge is 2.11. The van der Waals surface area contributed by atoms with Crippen molar-refractivity contribution >= 4 is 33.1 Å². The quantitative estimate of drug-likeness (QED) is 0.673. The minimum Gasteiger partial charge on any atom is -0.384 e. The van der Waals surface area contributed by atoms with Crippen LogP contribution in [0.4, 0.5) is 11.4 Å². The van der Waals surface area contributed by atoms with Crippen LogP contribution in [0.3, 0.4) is 0 Å². The van der Waals surface area contributed by atoms with Gasteiger partial charge in [0, 0.05) is 22.8 Å². The fourth-order valence-electron chi connectivity index (χ4n) is 1.80. The molecule has 3 nitrogen and oxygen atoms in total. The third kappa shape index (κ3) is 2.54. The Hall–Kier alpha value is -1.81. The van der Waals surface area contributed by atoms with Crippen LogP contribution in [-0.4, -0.2) is 12.9 Å². The number of rotatable bonds is 3. The molecule has 0 radical (unpaired) electrons. The Morgan fingerprint density at radius 1 is 1.17 bits per heavy atom. The van der Waals surface area contributed by atoms with Crippen molar-refractivity contribution in [3.63, 3.8) is 0 Å². The van der Waals surface area contributed by atoms with Crippen molar-refractivity contribution in [1.82, 2.24) is 0 Å². The molecule has 2 aromatic rings. The number of nitrogens with two attached hydrogens (primary N) is 1. The molecule has 0 atom stereocenters. The summed E-state index contributed by atoms with van der Waals surface area (Å²) in [7, 11) is 1.96. The molecule has 0 aliphatic carbocycles. The van der Waals surface area contributed by atoms with E-state index in [0.717, 1.165) is 21.4 Å². The van der Waals surface area contributed by atoms with E-state index in [1.54, 1.807) is 0 Å². The maximum Gasteiger partial charge on any atom is 0.124 e. The first-order valence-corrected chi connectivity index (χ1v) is 6.31. The zero-order valence-corrected chi connectivity index (χ0v) is 11.6. The number of benzene rings is 2. The van der Waals surface area contributed by atoms with Crippen LogP contribution in [0.25, 0.3) is 0 Å². The van der Waals surface area contributed by atoms with E-state index in [4.69, 9.17) is 11.1 Å². The lowest BCUT2D eigenvalue weighted by molar-refractivity contribution is 1.20. The zero-order valence-electron chi connectivity index (χ0n) is 10.0. The van der Waals surface area contributed by atoms with Crippen LogP contribution in [0, 0.1) is 5.41 Å². The van der Waals surface area contributed by atoms with Gasteiger partial charge in [-0.25, -0.2) is 0 Å². The number of halogens is 1. The molecule has 0 amide bonds. The molecule has 92 valence electrons. The Morgan fingerprint density at radius 2 is 1.83 bits per heavy atom. The highest BCUT2D eigenvalue weighted by Crippen LogP contribution is 2.29. The summed E-state index contributed by atoms with van der Waals surface area (Å²) >= 11 is 3.45. The second kappa shape index (κ2) is 5.23. The summed E-state index contributed by atoms with van der Waals surface area (Å²) in [5.74, 6) is 0.0697. The summed E-state index contributed by atoms with van der Waals surface area (Å²) < 4.78 is 0.963. The summed E-state index contributed by atoms with van der Waals surface area (Å²) in [5, 5.41) is 7.64. The van der Waals surface area contributed by atoms with Crippen molar-refractivity contribution in [2.45, 2.75) is 0 Å². The van der Waals surface area contributed by atoms with Crippen LogP contribution < -0.4 is 10.6 Å². The summed E-state index contributed by atoms with van der Waals surface area (Å²) in [6, 6.07) is 15.7. The number of nitrogen functional groups attached to an aromatic ring is 1. The molecule has 2 rings (SSSR count). The number of hydrogen-bond acceptors (Lipinski definition) is 2. The Kier molecular flexibility index (Phi) is 3.67. The van der Waals surface area contributed by atoms with E-state index in [1.807, 2.05) is 60.5 Å². The fourth-order valence-corrected chi connectivity index (χ4v) is 2.15. The van der Waals surface area contributed by atoms with Gasteiger partial charge in [-0.05, 0) is 30.3 Å². The highest BCUT2D eigenvalue weighted by molar-refractivity contribution is 9.10. The zero-order chi connectivity index (χ0) is 13.1. The maximum absolute atomic E-state index is 7.64. The second-order valence-corrected chi connectivity index (χ2v) is 4.89. The molecule has 0 unspecified atom stereocenters. The van der Waals surface area contributed by atoms with Crippen LogP contribution in [0.15, 0.2) is 53.0 Å². The van der Waals surface area contributed by atoms with Crippen LogP contribution in [0.2, 0.25) is 0 Å². The van der Waals surface area contributed by atoms with Crippen LogP contribution in [0.5, 0.6) is 0 Å². The maximum atomic E-state index is 7.64. The number of hydrogen-bond donors (Lipinski definition) is 2. The normalized spacial score (nSPS) is 10.1. The Morgan fingerprint density at radius 3 is 2.44 bits per heavy atom. The monoisotopic (exact) mass is 303 g/mol. The molecule has 0 aliphatic heterocycles. The van der Waals surface area contributed by atoms with Crippen LogP contribution >= 0.6 is 15.9 Å². The van der Waals surface area contributed by atoms with Gasteiger partial charge in [-0.3, -0.25) is 5.41 Å². The average molecular weight is 304 g/mol. The number of nitrogens with one attached hydrogen (secondary N) is 1. The molecule has 0 saturated heterocycles. The van der Waals surface area contributed by atoms with Crippen molar-refractivity contribution in [3.8, 4) is 0 Å². The molecule has 4 heteroatoms. The van der Waals surface area contributed by atoms with Gasteiger partial charge >= 0.3 is 0 Å². The van der Waals surface area contributed by atoms with Gasteiger partial charge in [0.1, 0.15) is 5.84 Å². The van der Waals surface area contributed by atoms with Crippen molar-refractivity contribution < 1.29 is 0 Å². The smallest absolute Gasteiger partial charge is 0.124 e. The van der Waals surface area contributed by atoms with Crippen molar-refractivity contribution in [2.75, 3.05) is 11.9 Å². The summed E-state index contributed by atoms with van der Waals surface area (Å²) in [4.78, 5) is 2.02. The van der Waals surface area contributed by atoms with Gasteiger partial charge in [0.25, 0.3) is 0 Å². The lowest BCUT2D eigenvalue weighted by atomic mass is 10.1. The van der Waals surface area contributed by atoms with E-state index >= 15 is 0 Å². The minimum atomic E-state index is 0.0697. The highest BCUT2D eigenvalue weighted by atomic mass is 79.9. The number of amidine groups is 1. The molecule has 3 N–H and O–H groups in total. The van der Waals surface area contributed by atoms with Gasteiger partial charge in [-0.1, -0.05) is 34.1 Å². The first-order valence-electron chi connectivity index (χ1n) is 5.52. The Balaban J connectivity index is 2.50. The molecule has 0 spiro atoms. The lowest BCUT2D eigenvalue weighted by Gasteiger charge is -2.22. The summed E-state index contributed by atoms with van der Waals surface area (Å²) in [6.07, 6.45) is 0. The molecule has 0 aromatic heterocycles. The largest absolute Gasteiger partial charge is 0.384 e. The third-order valence-corrected chi connectivity index (χ3v) is 3.25. The van der Waals surface area contributed by atoms with E-state index < -0.39 is 0 Å². The third-order valence-electron chi connectivity index (χ3n) is 2.75. The molecule has 18 heavy (non-hydrogen) atoms. The molecule has 0 heterocycles. The van der Waals surface area contributed by atoms with E-state index in [-0.39, 0.29) is 5.84 Å². The van der Waals surface area contributed by atoms with Gasteiger partial charge in [0.2, 0.25) is 0 Å². The second-order valence-electron chi connectivity index (χ2n) is 3.97. The molecule has 0 saturated carbocycles. The molecular formula is C14H14BrN3. The molecule has 0 aliphatic rings. The van der Waals surface area contributed by atoms with E-state index in [9.17, 15) is 0 Å². The van der Waals surface area contributed by atoms with Gasteiger partial charge in [0.05, 0.1) is 5.69 Å². The standard InChI is InChI=1S/C14H14BrN3/c1-18(11-5-3-2-4-6-11)13-9-10(15)7-8-12(13)14(16)17/h2-9H,1H3,(H3,16,17). The number of para-hydroxylation sites is 1. The topological polar surface area (TPSA) is 53.1 Å². The summed E-state index contributed by atoms with van der Waals surface area (Å²) in [6.45, 7) is 0. The van der Waals surface area contributed by atoms with Crippen LogP contribution in [-0.2, 0) is 0 Å². The van der Waals surface area contributed by atoms with Crippen LogP contribution in [0.1, 0.15) is 5.56 Å². The fraction of sp³-hybridized carbons (Fsp3) is 0.0714. The number of nitrogens with zero attached hydrogens (tertiary/aromatic N) is 1. The van der Waals surface area contributed by atoms with E-state index in [1.165, 1.54) is 0 Å². The molecular weight excluding hydrogens is 290 g/mol. The first-order chi connectivity index (χ1) is 8.59. The van der Waals surface area contributed by atoms with Crippen molar-refractivity contribution in [1.29, 1.82) is 5.41 Å². The predicted molar refractivity (Wildman–Crippen MR) is 79.7 cm³/mol. The van der Waals surface area contributed by atoms with Gasteiger partial charge < -0.3 is 10.6 Å². The first kappa shape index (κ1) is 12.6. The van der Waals surface area contributed by atoms with Crippen molar-refractivity contribution in [2.24, 2.45) is 5.73 Å². The number of anilines is 2. The van der Waals surface area contributed by atoms with Gasteiger partial charge in [-0.2, -0.15) is 0 Å². The molecule has 2 aromatic carbocycles. The van der Waals surface area contributed by atoms with E-state index in [2.05, 4.69) is 15.9 Å². The lowest BCUT2D eigenvalue weighted by Crippen LogP contribution is -2.18. The Bertz CT molecular complexity index is 567. The predicted octanol–water partition coefficient (Wildman–Crippen LogP) is 3.50. The minimum absolute atomic E-state index is 0.0697. The van der Waals surface area contributed by atoms with E-state index in [0.29, 0.717) is 0 Å². The van der Waals surface area contributed by atoms with Crippen molar-refractivity contribution in [3.05, 3.63) is 58.6 Å². The molecule has 0 fully saturated rings. The SMILES string of the molecule is CN(c1ccccc1)c1cc(Br)ccc1C(=N)N. The molecule has 0 bridgehead atoms. The average Bonchev–Trinajstić information content (AvgIpc) is 2.38. The summed E-state index contributed by atoms with van der Waals surface area (Å²) in [5.41, 5.74) is 8.31.